The Morgan fingerprint density at radius 1 is 1.08 bits per heavy atom. The van der Waals surface area contributed by atoms with Gasteiger partial charge in [-0.1, -0.05) is 30.3 Å². The summed E-state index contributed by atoms with van der Waals surface area (Å²) in [5.41, 5.74) is 9.79. The number of carboxylic acids is 1. The number of nitrogens with one attached hydrogen (secondary N) is 3. The number of aromatic amines is 1. The minimum absolute atomic E-state index is 0.143. The van der Waals surface area contributed by atoms with Crippen LogP contribution in [-0.4, -0.2) is 50.2 Å². The first-order valence-electron chi connectivity index (χ1n) is 12.3. The Morgan fingerprint density at radius 3 is 2.69 bits per heavy atom. The summed E-state index contributed by atoms with van der Waals surface area (Å²) in [6.45, 7) is 2.89. The molecule has 0 aliphatic carbocycles. The highest BCUT2D eigenvalue weighted by atomic mass is 16.4. The smallest absolute Gasteiger partial charge is 0.335 e. The van der Waals surface area contributed by atoms with E-state index < -0.39 is 5.97 Å². The number of carbonyl (C=O) groups excluding carboxylic acids is 1. The van der Waals surface area contributed by atoms with E-state index in [4.69, 9.17) is 10.2 Å². The van der Waals surface area contributed by atoms with Gasteiger partial charge in [-0.3, -0.25) is 9.89 Å². The second-order valence-corrected chi connectivity index (χ2v) is 9.01. The lowest BCUT2D eigenvalue weighted by molar-refractivity contribution is -0.115. The van der Waals surface area contributed by atoms with Crippen molar-refractivity contribution < 1.29 is 19.1 Å². The molecule has 0 fully saturated rings. The van der Waals surface area contributed by atoms with Crippen LogP contribution in [0.1, 0.15) is 39.2 Å². The van der Waals surface area contributed by atoms with Gasteiger partial charge in [0.15, 0.2) is 11.4 Å². The second kappa shape index (κ2) is 11.3. The zero-order valence-electron chi connectivity index (χ0n) is 21.1. The third-order valence-corrected chi connectivity index (χ3v) is 6.04. The van der Waals surface area contributed by atoms with Crippen LogP contribution < -0.4 is 16.4 Å². The van der Waals surface area contributed by atoms with E-state index in [-0.39, 0.29) is 23.9 Å². The molecule has 1 unspecified atom stereocenters. The fourth-order valence-electron chi connectivity index (χ4n) is 4.26. The standard InChI is InChI=1S/C28H27N7O4/c1-16-31-26(35-34-16)25(30-11-10-29)18-5-2-4-17(12-18)13-24(36)32-21-8-9-23-22(15-21)33-27(39-23)19-6-3-7-20(14-19)28(37)38/h2-9,12,14-15,25,30H,10-11,13,29H2,1H3,(H,32,36)(H,37,38)(H,31,34,35). The van der Waals surface area contributed by atoms with Crippen LogP contribution in [-0.2, 0) is 11.2 Å². The number of nitrogens with two attached hydrogens (primary N) is 1. The minimum Gasteiger partial charge on any atom is -0.478 e. The van der Waals surface area contributed by atoms with Crippen molar-refractivity contribution in [1.29, 1.82) is 0 Å². The first kappa shape index (κ1) is 25.8. The maximum atomic E-state index is 12.9. The number of aromatic nitrogens is 4. The molecular formula is C28H27N7O4. The number of aromatic carboxylic acids is 1. The quantitative estimate of drug-likeness (QED) is 0.183. The molecule has 0 radical (unpaired) electrons. The maximum absolute atomic E-state index is 12.9. The van der Waals surface area contributed by atoms with E-state index in [0.29, 0.717) is 53.0 Å². The van der Waals surface area contributed by atoms with Gasteiger partial charge in [0.25, 0.3) is 0 Å². The predicted molar refractivity (Wildman–Crippen MR) is 145 cm³/mol. The van der Waals surface area contributed by atoms with Crippen molar-refractivity contribution in [3.8, 4) is 11.5 Å². The topological polar surface area (TPSA) is 172 Å². The number of rotatable bonds is 10. The predicted octanol–water partition coefficient (Wildman–Crippen LogP) is 3.44. The summed E-state index contributed by atoms with van der Waals surface area (Å²) < 4.78 is 5.80. The number of anilines is 1. The van der Waals surface area contributed by atoms with Crippen LogP contribution in [0.25, 0.3) is 22.6 Å². The van der Waals surface area contributed by atoms with E-state index in [0.717, 1.165) is 11.1 Å². The summed E-state index contributed by atoms with van der Waals surface area (Å²) >= 11 is 0. The van der Waals surface area contributed by atoms with Gasteiger partial charge in [-0.05, 0) is 54.4 Å². The third-order valence-electron chi connectivity index (χ3n) is 6.04. The van der Waals surface area contributed by atoms with Gasteiger partial charge in [0.05, 0.1) is 18.0 Å². The Balaban J connectivity index is 1.30. The molecule has 198 valence electrons. The summed E-state index contributed by atoms with van der Waals surface area (Å²) in [6, 6.07) is 19.0. The van der Waals surface area contributed by atoms with Gasteiger partial charge in [0.1, 0.15) is 11.3 Å². The highest BCUT2D eigenvalue weighted by molar-refractivity contribution is 5.94. The van der Waals surface area contributed by atoms with E-state index in [1.165, 1.54) is 12.1 Å². The normalized spacial score (nSPS) is 11.9. The Bertz CT molecular complexity index is 1640. The highest BCUT2D eigenvalue weighted by Crippen LogP contribution is 2.27. The number of carbonyl (C=O) groups is 2. The molecule has 11 nitrogen and oxygen atoms in total. The lowest BCUT2D eigenvalue weighted by atomic mass is 10.0. The molecule has 0 spiro atoms. The molecule has 0 aliphatic heterocycles. The molecule has 39 heavy (non-hydrogen) atoms. The highest BCUT2D eigenvalue weighted by Gasteiger charge is 2.19. The first-order chi connectivity index (χ1) is 18.9. The Morgan fingerprint density at radius 2 is 1.92 bits per heavy atom. The van der Waals surface area contributed by atoms with Crippen LogP contribution in [0, 0.1) is 6.92 Å². The number of H-pyrrole nitrogens is 1. The van der Waals surface area contributed by atoms with Gasteiger partial charge < -0.3 is 25.9 Å². The van der Waals surface area contributed by atoms with Crippen LogP contribution >= 0.6 is 0 Å². The number of carboxylic acid groups (broad SMARTS) is 1. The fourth-order valence-corrected chi connectivity index (χ4v) is 4.26. The van der Waals surface area contributed by atoms with Crippen molar-refractivity contribution in [3.05, 3.63) is 95.1 Å². The molecule has 0 saturated heterocycles. The molecule has 6 N–H and O–H groups in total. The summed E-state index contributed by atoms with van der Waals surface area (Å²) in [5.74, 6) is 0.402. The molecule has 0 aliphatic rings. The van der Waals surface area contributed by atoms with Crippen LogP contribution in [0.15, 0.2) is 71.1 Å². The molecule has 2 heterocycles. The van der Waals surface area contributed by atoms with Gasteiger partial charge in [-0.15, -0.1) is 0 Å². The van der Waals surface area contributed by atoms with Gasteiger partial charge in [0, 0.05) is 24.3 Å². The van der Waals surface area contributed by atoms with Crippen molar-refractivity contribution in [2.45, 2.75) is 19.4 Å². The Labute approximate surface area is 223 Å². The van der Waals surface area contributed by atoms with Crippen LogP contribution in [0.2, 0.25) is 0 Å². The van der Waals surface area contributed by atoms with E-state index in [2.05, 4.69) is 30.8 Å². The van der Waals surface area contributed by atoms with Gasteiger partial charge in [0.2, 0.25) is 11.8 Å². The van der Waals surface area contributed by atoms with Crippen LogP contribution in [0.4, 0.5) is 5.69 Å². The Kier molecular flexibility index (Phi) is 7.43. The molecular weight excluding hydrogens is 498 g/mol. The molecule has 5 rings (SSSR count). The van der Waals surface area contributed by atoms with Crippen LogP contribution in [0.3, 0.4) is 0 Å². The summed E-state index contributed by atoms with van der Waals surface area (Å²) in [4.78, 5) is 33.1. The number of aryl methyl sites for hydroxylation is 1. The SMILES string of the molecule is Cc1nc(C(NCCN)c2cccc(CC(=O)Nc3ccc4oc(-c5cccc(C(=O)O)c5)nc4c3)c2)n[nH]1. The number of benzene rings is 3. The summed E-state index contributed by atoms with van der Waals surface area (Å²) in [6.07, 6.45) is 0.161. The van der Waals surface area contributed by atoms with E-state index in [1.807, 2.05) is 31.2 Å². The first-order valence-corrected chi connectivity index (χ1v) is 12.3. The van der Waals surface area contributed by atoms with Gasteiger partial charge in [-0.25, -0.2) is 14.8 Å². The van der Waals surface area contributed by atoms with E-state index in [9.17, 15) is 14.7 Å². The fraction of sp³-hybridized carbons (Fsp3) is 0.179. The zero-order chi connectivity index (χ0) is 27.4. The molecule has 0 saturated carbocycles. The number of oxazole rings is 1. The van der Waals surface area contributed by atoms with Gasteiger partial charge >= 0.3 is 5.97 Å². The van der Waals surface area contributed by atoms with E-state index in [1.54, 1.807) is 30.3 Å². The minimum atomic E-state index is -1.03. The second-order valence-electron chi connectivity index (χ2n) is 9.01. The molecule has 11 heteroatoms. The average Bonchev–Trinajstić information content (AvgIpc) is 3.55. The maximum Gasteiger partial charge on any atom is 0.335 e. The molecule has 5 aromatic rings. The number of hydrogen-bond donors (Lipinski definition) is 5. The van der Waals surface area contributed by atoms with E-state index >= 15 is 0 Å². The van der Waals surface area contributed by atoms with Crippen molar-refractivity contribution in [1.82, 2.24) is 25.5 Å². The van der Waals surface area contributed by atoms with Crippen molar-refractivity contribution in [2.75, 3.05) is 18.4 Å². The number of amides is 1. The summed E-state index contributed by atoms with van der Waals surface area (Å²) in [5, 5.41) is 22.7. The van der Waals surface area contributed by atoms with Crippen LogP contribution in [0.5, 0.6) is 0 Å². The molecule has 1 atom stereocenters. The monoisotopic (exact) mass is 525 g/mol. The van der Waals surface area contributed by atoms with Crippen molar-refractivity contribution in [3.63, 3.8) is 0 Å². The lowest BCUT2D eigenvalue weighted by Gasteiger charge is -2.17. The lowest BCUT2D eigenvalue weighted by Crippen LogP contribution is -2.29. The van der Waals surface area contributed by atoms with Crippen molar-refractivity contribution in [2.24, 2.45) is 5.73 Å². The summed E-state index contributed by atoms with van der Waals surface area (Å²) in [7, 11) is 0. The average molecular weight is 526 g/mol. The molecule has 1 amide bonds. The van der Waals surface area contributed by atoms with Crippen molar-refractivity contribution >= 4 is 28.7 Å². The molecule has 0 bridgehead atoms. The number of fused-ring (bicyclic) bond motifs is 1. The largest absolute Gasteiger partial charge is 0.478 e. The Hall–Kier alpha value is -4.87. The molecule has 3 aromatic carbocycles. The number of hydrogen-bond acceptors (Lipinski definition) is 8. The number of nitrogens with zero attached hydrogens (tertiary/aromatic N) is 3. The van der Waals surface area contributed by atoms with Gasteiger partial charge in [-0.2, -0.15) is 5.10 Å². The molecule has 2 aromatic heterocycles. The zero-order valence-corrected chi connectivity index (χ0v) is 21.1. The third kappa shape index (κ3) is 6.00.